The fourth-order valence-corrected chi connectivity index (χ4v) is 3.58. The monoisotopic (exact) mass is 366 g/mol. The number of carboxylic acid groups (broad SMARTS) is 1. The predicted octanol–water partition coefficient (Wildman–Crippen LogP) is 4.70. The van der Waals surface area contributed by atoms with Crippen LogP contribution in [0.1, 0.15) is 17.5 Å². The molecule has 0 radical (unpaired) electrons. The number of carboxylic acids is 1. The summed E-state index contributed by atoms with van der Waals surface area (Å²) in [6.07, 6.45) is 0.185. The lowest BCUT2D eigenvalue weighted by Crippen LogP contribution is -2.26. The first-order chi connectivity index (χ1) is 11.3. The lowest BCUT2D eigenvalue weighted by Gasteiger charge is -2.15. The number of ether oxygens (including phenoxy) is 2. The van der Waals surface area contributed by atoms with Gasteiger partial charge < -0.3 is 14.6 Å². The number of alkyl halides is 2. The molecule has 1 fully saturated rings. The zero-order chi connectivity index (χ0) is 17.5. The van der Waals surface area contributed by atoms with Gasteiger partial charge in [0.05, 0.1) is 7.11 Å². The molecule has 0 saturated heterocycles. The first kappa shape index (κ1) is 16.9. The SMILES string of the molecule is COc1cccc(C)c1Oc1ccc(C2(C(=O)O)CC2(Cl)Cl)cc1. The van der Waals surface area contributed by atoms with Gasteiger partial charge in [0, 0.05) is 6.42 Å². The van der Waals surface area contributed by atoms with Gasteiger partial charge in [0.15, 0.2) is 11.5 Å². The number of hydrogen-bond donors (Lipinski definition) is 1. The van der Waals surface area contributed by atoms with Crippen LogP contribution in [0.4, 0.5) is 0 Å². The normalized spacial score (nSPS) is 21.2. The zero-order valence-electron chi connectivity index (χ0n) is 13.2. The third-order valence-electron chi connectivity index (χ3n) is 4.31. The third kappa shape index (κ3) is 2.60. The topological polar surface area (TPSA) is 55.8 Å². The van der Waals surface area contributed by atoms with E-state index < -0.39 is 15.7 Å². The number of rotatable bonds is 5. The largest absolute Gasteiger partial charge is 0.493 e. The third-order valence-corrected chi connectivity index (χ3v) is 5.23. The predicted molar refractivity (Wildman–Crippen MR) is 92.6 cm³/mol. The number of hydrogen-bond acceptors (Lipinski definition) is 3. The van der Waals surface area contributed by atoms with Crippen molar-refractivity contribution in [3.63, 3.8) is 0 Å². The van der Waals surface area contributed by atoms with Crippen LogP contribution in [0.2, 0.25) is 0 Å². The van der Waals surface area contributed by atoms with Crippen LogP contribution < -0.4 is 9.47 Å². The highest BCUT2D eigenvalue weighted by Crippen LogP contribution is 2.65. The van der Waals surface area contributed by atoms with Gasteiger partial charge in [-0.1, -0.05) is 47.5 Å². The average molecular weight is 367 g/mol. The van der Waals surface area contributed by atoms with Crippen LogP contribution >= 0.6 is 23.2 Å². The number of carbonyl (C=O) groups is 1. The molecule has 6 heteroatoms. The van der Waals surface area contributed by atoms with E-state index in [1.54, 1.807) is 31.4 Å². The Morgan fingerprint density at radius 2 is 1.79 bits per heavy atom. The highest BCUT2D eigenvalue weighted by Gasteiger charge is 2.72. The molecule has 1 N–H and O–H groups in total. The first-order valence-corrected chi connectivity index (χ1v) is 8.10. The van der Waals surface area contributed by atoms with E-state index in [4.69, 9.17) is 32.7 Å². The molecule has 126 valence electrons. The maximum atomic E-state index is 11.6. The van der Waals surface area contributed by atoms with E-state index >= 15 is 0 Å². The van der Waals surface area contributed by atoms with Crippen molar-refractivity contribution in [1.82, 2.24) is 0 Å². The Bertz CT molecular complexity index is 786. The van der Waals surface area contributed by atoms with E-state index in [2.05, 4.69) is 0 Å². The maximum absolute atomic E-state index is 11.6. The van der Waals surface area contributed by atoms with Gasteiger partial charge in [-0.25, -0.2) is 0 Å². The van der Waals surface area contributed by atoms with Crippen LogP contribution in [0.25, 0.3) is 0 Å². The molecule has 1 saturated carbocycles. The van der Waals surface area contributed by atoms with Crippen molar-refractivity contribution in [3.05, 3.63) is 53.6 Å². The Balaban J connectivity index is 1.88. The quantitative estimate of drug-likeness (QED) is 0.779. The number of benzene rings is 2. The molecule has 4 nitrogen and oxygen atoms in total. The van der Waals surface area contributed by atoms with Crippen molar-refractivity contribution in [3.8, 4) is 17.2 Å². The second-order valence-corrected chi connectivity index (χ2v) is 7.31. The van der Waals surface area contributed by atoms with Gasteiger partial charge in [-0.05, 0) is 36.2 Å². The van der Waals surface area contributed by atoms with Crippen LogP contribution in [0.3, 0.4) is 0 Å². The lowest BCUT2D eigenvalue weighted by molar-refractivity contribution is -0.140. The van der Waals surface area contributed by atoms with Gasteiger partial charge in [-0.3, -0.25) is 4.79 Å². The van der Waals surface area contributed by atoms with E-state index in [9.17, 15) is 9.90 Å². The van der Waals surface area contributed by atoms with Crippen molar-refractivity contribution in [2.75, 3.05) is 7.11 Å². The summed E-state index contributed by atoms with van der Waals surface area (Å²) in [4.78, 5) is 11.6. The summed E-state index contributed by atoms with van der Waals surface area (Å²) in [6.45, 7) is 1.92. The highest BCUT2D eigenvalue weighted by molar-refractivity contribution is 6.54. The number of aliphatic carboxylic acids is 1. The summed E-state index contributed by atoms with van der Waals surface area (Å²) in [5.74, 6) is 0.795. The van der Waals surface area contributed by atoms with Gasteiger partial charge >= 0.3 is 5.97 Å². The number of aryl methyl sites for hydroxylation is 1. The van der Waals surface area contributed by atoms with Gasteiger partial charge in [-0.2, -0.15) is 0 Å². The van der Waals surface area contributed by atoms with Crippen LogP contribution in [0.5, 0.6) is 17.2 Å². The summed E-state index contributed by atoms with van der Waals surface area (Å²) in [6, 6.07) is 12.4. The molecule has 2 aromatic rings. The Labute approximate surface area is 149 Å². The van der Waals surface area contributed by atoms with E-state index in [-0.39, 0.29) is 6.42 Å². The molecular weight excluding hydrogens is 351 g/mol. The highest BCUT2D eigenvalue weighted by atomic mass is 35.5. The number of methoxy groups -OCH3 is 1. The minimum Gasteiger partial charge on any atom is -0.493 e. The van der Waals surface area contributed by atoms with Crippen molar-refractivity contribution in [2.24, 2.45) is 0 Å². The molecule has 1 aliphatic rings. The van der Waals surface area contributed by atoms with E-state index in [1.165, 1.54) is 0 Å². The Hall–Kier alpha value is -1.91. The van der Waals surface area contributed by atoms with E-state index in [1.807, 2.05) is 25.1 Å². The number of para-hydroxylation sites is 1. The summed E-state index contributed by atoms with van der Waals surface area (Å²) in [5, 5.41) is 9.49. The summed E-state index contributed by atoms with van der Waals surface area (Å²) in [7, 11) is 1.58. The molecule has 1 aliphatic carbocycles. The number of halogens is 2. The van der Waals surface area contributed by atoms with Crippen LogP contribution in [0, 0.1) is 6.92 Å². The minimum absolute atomic E-state index is 0.185. The van der Waals surface area contributed by atoms with Crippen molar-refractivity contribution >= 4 is 29.2 Å². The molecule has 0 bridgehead atoms. The maximum Gasteiger partial charge on any atom is 0.317 e. The molecule has 0 spiro atoms. The summed E-state index contributed by atoms with van der Waals surface area (Å²) < 4.78 is 9.92. The summed E-state index contributed by atoms with van der Waals surface area (Å²) in [5.41, 5.74) is 0.238. The average Bonchev–Trinajstić information content (AvgIpc) is 3.14. The smallest absolute Gasteiger partial charge is 0.317 e. The molecule has 1 atom stereocenters. The Kier molecular flexibility index (Phi) is 4.14. The van der Waals surface area contributed by atoms with Crippen LogP contribution in [0.15, 0.2) is 42.5 Å². The second-order valence-electron chi connectivity index (χ2n) is 5.82. The van der Waals surface area contributed by atoms with Crippen molar-refractivity contribution < 1.29 is 19.4 Å². The molecule has 24 heavy (non-hydrogen) atoms. The van der Waals surface area contributed by atoms with E-state index in [0.29, 0.717) is 22.8 Å². The fraction of sp³-hybridized carbons (Fsp3) is 0.278. The molecule has 0 heterocycles. The van der Waals surface area contributed by atoms with Gasteiger partial charge in [0.2, 0.25) is 0 Å². The summed E-state index contributed by atoms with van der Waals surface area (Å²) >= 11 is 12.1. The Morgan fingerprint density at radius 1 is 1.17 bits per heavy atom. The molecule has 3 rings (SSSR count). The fourth-order valence-electron chi connectivity index (χ4n) is 2.80. The van der Waals surface area contributed by atoms with Gasteiger partial charge in [0.25, 0.3) is 0 Å². The molecule has 0 amide bonds. The molecule has 2 aromatic carbocycles. The van der Waals surface area contributed by atoms with Crippen LogP contribution in [-0.4, -0.2) is 22.5 Å². The van der Waals surface area contributed by atoms with Crippen molar-refractivity contribution in [1.29, 1.82) is 0 Å². The molecule has 0 aromatic heterocycles. The van der Waals surface area contributed by atoms with Crippen molar-refractivity contribution in [2.45, 2.75) is 23.1 Å². The van der Waals surface area contributed by atoms with Crippen LogP contribution in [-0.2, 0) is 10.2 Å². The molecule has 1 unspecified atom stereocenters. The zero-order valence-corrected chi connectivity index (χ0v) is 14.7. The molecule has 0 aliphatic heterocycles. The standard InChI is InChI=1S/C18H16Cl2O4/c1-11-4-3-5-14(23-2)15(11)24-13-8-6-12(7-9-13)17(16(21)22)10-18(17,19)20/h3-9H,10H2,1-2H3,(H,21,22). The first-order valence-electron chi connectivity index (χ1n) is 7.35. The van der Waals surface area contributed by atoms with Gasteiger partial charge in [-0.15, -0.1) is 0 Å². The minimum atomic E-state index is -1.28. The molecular formula is C18H16Cl2O4. The second kappa shape index (κ2) is 5.87. The van der Waals surface area contributed by atoms with Gasteiger partial charge in [0.1, 0.15) is 15.5 Å². The Morgan fingerprint density at radius 3 is 2.29 bits per heavy atom. The lowest BCUT2D eigenvalue weighted by atomic mass is 9.96. The van der Waals surface area contributed by atoms with E-state index in [0.717, 1.165) is 5.56 Å².